The van der Waals surface area contributed by atoms with Crippen LogP contribution in [0, 0.1) is 0 Å². The Kier molecular flexibility index (Phi) is 4.93. The molecule has 0 spiro atoms. The summed E-state index contributed by atoms with van der Waals surface area (Å²) >= 11 is 1.57. The Labute approximate surface area is 139 Å². The van der Waals surface area contributed by atoms with Crippen molar-refractivity contribution >= 4 is 11.8 Å². The molecule has 4 heteroatoms. The largest absolute Gasteiger partial charge is 0.301 e. The van der Waals surface area contributed by atoms with E-state index in [2.05, 4.69) is 29.0 Å². The average Bonchev–Trinajstić information content (AvgIpc) is 2.56. The first-order chi connectivity index (χ1) is 11.2. The Hall–Kier alpha value is -2.33. The second-order valence-electron chi connectivity index (χ2n) is 5.38. The number of hydrogen-bond acceptors (Lipinski definition) is 3. The molecule has 0 saturated carbocycles. The molecule has 0 bridgehead atoms. The number of rotatable bonds is 5. The maximum Gasteiger partial charge on any atom is 0.251 e. The average molecular weight is 322 g/mol. The smallest absolute Gasteiger partial charge is 0.251 e. The minimum absolute atomic E-state index is 0.103. The molecule has 2 aromatic carbocycles. The summed E-state index contributed by atoms with van der Waals surface area (Å²) in [5.74, 6) is 0. The number of hydrogen-bond donors (Lipinski definition) is 1. The van der Waals surface area contributed by atoms with E-state index in [1.165, 1.54) is 5.56 Å². The lowest BCUT2D eigenvalue weighted by atomic mass is 10.1. The highest BCUT2D eigenvalue weighted by atomic mass is 32.2. The van der Waals surface area contributed by atoms with Crippen molar-refractivity contribution < 1.29 is 0 Å². The third-order valence-corrected chi connectivity index (χ3v) is 4.60. The number of H-pyrrole nitrogens is 1. The number of aromatic nitrogens is 2. The monoisotopic (exact) mass is 322 g/mol. The third-order valence-electron chi connectivity index (χ3n) is 3.56. The van der Waals surface area contributed by atoms with E-state index >= 15 is 0 Å². The van der Waals surface area contributed by atoms with E-state index in [-0.39, 0.29) is 10.8 Å². The van der Waals surface area contributed by atoms with Gasteiger partial charge in [-0.05, 0) is 18.1 Å². The Morgan fingerprint density at radius 1 is 1.04 bits per heavy atom. The van der Waals surface area contributed by atoms with Gasteiger partial charge in [0.1, 0.15) is 0 Å². The van der Waals surface area contributed by atoms with Crippen molar-refractivity contribution in [2.45, 2.75) is 23.8 Å². The van der Waals surface area contributed by atoms with Gasteiger partial charge in [-0.15, -0.1) is 0 Å². The van der Waals surface area contributed by atoms with E-state index in [0.29, 0.717) is 11.6 Å². The first-order valence-corrected chi connectivity index (χ1v) is 8.44. The van der Waals surface area contributed by atoms with Crippen molar-refractivity contribution in [2.75, 3.05) is 0 Å². The molecule has 1 aromatic heterocycles. The molecule has 0 amide bonds. The van der Waals surface area contributed by atoms with Gasteiger partial charge in [0.25, 0.3) is 5.56 Å². The number of nitrogens with one attached hydrogen (secondary N) is 1. The molecule has 1 heterocycles. The molecule has 3 rings (SSSR count). The fourth-order valence-corrected chi connectivity index (χ4v) is 3.35. The Balaban J connectivity index is 1.79. The maximum absolute atomic E-state index is 11.9. The molecule has 0 saturated heterocycles. The zero-order valence-corrected chi connectivity index (χ0v) is 13.7. The quantitative estimate of drug-likeness (QED) is 0.565. The molecule has 0 aliphatic carbocycles. The van der Waals surface area contributed by atoms with Crippen LogP contribution in [0.4, 0.5) is 0 Å². The van der Waals surface area contributed by atoms with E-state index in [1.807, 2.05) is 48.5 Å². The van der Waals surface area contributed by atoms with Crippen molar-refractivity contribution in [2.24, 2.45) is 0 Å². The van der Waals surface area contributed by atoms with E-state index in [1.54, 1.807) is 17.8 Å². The van der Waals surface area contributed by atoms with Crippen LogP contribution >= 0.6 is 11.8 Å². The third kappa shape index (κ3) is 4.33. The lowest BCUT2D eigenvalue weighted by Crippen LogP contribution is -2.10. The summed E-state index contributed by atoms with van der Waals surface area (Å²) in [5, 5.41) is 0.895. The van der Waals surface area contributed by atoms with Gasteiger partial charge in [0.15, 0.2) is 5.16 Å². The summed E-state index contributed by atoms with van der Waals surface area (Å²) in [6.45, 7) is 2.11. The van der Waals surface area contributed by atoms with E-state index in [0.717, 1.165) is 11.3 Å². The highest BCUT2D eigenvalue weighted by Gasteiger charge is 2.10. The lowest BCUT2D eigenvalue weighted by molar-refractivity contribution is 0.873. The molecule has 1 N–H and O–H groups in total. The predicted octanol–water partition coefficient (Wildman–Crippen LogP) is 4.21. The first-order valence-electron chi connectivity index (χ1n) is 7.56. The molecule has 3 aromatic rings. The van der Waals surface area contributed by atoms with Crippen LogP contribution in [0.5, 0.6) is 0 Å². The lowest BCUT2D eigenvalue weighted by Gasteiger charge is -2.11. The molecule has 0 aliphatic heterocycles. The van der Waals surface area contributed by atoms with Crippen LogP contribution in [-0.2, 0) is 6.42 Å². The van der Waals surface area contributed by atoms with Crippen LogP contribution in [0.15, 0.2) is 76.7 Å². The molecule has 23 heavy (non-hydrogen) atoms. The standard InChI is InChI=1S/C19H18N2OS/c1-14(16-10-6-3-7-11-16)23-19-20-17(13-18(22)21-19)12-15-8-4-2-5-9-15/h2-11,13-14H,12H2,1H3,(H,20,21,22). The van der Waals surface area contributed by atoms with Gasteiger partial charge < -0.3 is 4.98 Å². The van der Waals surface area contributed by atoms with Gasteiger partial charge in [0.2, 0.25) is 0 Å². The van der Waals surface area contributed by atoms with Gasteiger partial charge in [-0.3, -0.25) is 4.79 Å². The van der Waals surface area contributed by atoms with Crippen molar-refractivity contribution in [3.05, 3.63) is 93.9 Å². The summed E-state index contributed by atoms with van der Waals surface area (Å²) in [7, 11) is 0. The van der Waals surface area contributed by atoms with Gasteiger partial charge in [0.05, 0.1) is 5.69 Å². The first kappa shape index (κ1) is 15.6. The molecule has 1 unspecified atom stereocenters. The highest BCUT2D eigenvalue weighted by molar-refractivity contribution is 7.99. The number of aromatic amines is 1. The Morgan fingerprint density at radius 2 is 1.70 bits per heavy atom. The van der Waals surface area contributed by atoms with E-state index in [4.69, 9.17) is 0 Å². The number of benzene rings is 2. The van der Waals surface area contributed by atoms with Gasteiger partial charge in [-0.2, -0.15) is 0 Å². The van der Waals surface area contributed by atoms with E-state index in [9.17, 15) is 4.79 Å². The highest BCUT2D eigenvalue weighted by Crippen LogP contribution is 2.32. The van der Waals surface area contributed by atoms with Gasteiger partial charge >= 0.3 is 0 Å². The normalized spacial score (nSPS) is 12.0. The van der Waals surface area contributed by atoms with E-state index < -0.39 is 0 Å². The molecule has 0 fully saturated rings. The van der Waals surface area contributed by atoms with Crippen molar-refractivity contribution in [3.8, 4) is 0 Å². The van der Waals surface area contributed by atoms with Crippen LogP contribution in [0.2, 0.25) is 0 Å². The zero-order valence-electron chi connectivity index (χ0n) is 12.9. The fraction of sp³-hybridized carbons (Fsp3) is 0.158. The zero-order chi connectivity index (χ0) is 16.1. The maximum atomic E-state index is 11.9. The number of nitrogens with zero attached hydrogens (tertiary/aromatic N) is 1. The minimum Gasteiger partial charge on any atom is -0.301 e. The van der Waals surface area contributed by atoms with Gasteiger partial charge in [-0.1, -0.05) is 72.4 Å². The van der Waals surface area contributed by atoms with Crippen LogP contribution in [0.25, 0.3) is 0 Å². The van der Waals surface area contributed by atoms with Crippen LogP contribution in [-0.4, -0.2) is 9.97 Å². The molecule has 0 aliphatic rings. The molecular weight excluding hydrogens is 304 g/mol. The van der Waals surface area contributed by atoms with Crippen molar-refractivity contribution in [1.82, 2.24) is 9.97 Å². The van der Waals surface area contributed by atoms with Gasteiger partial charge in [-0.25, -0.2) is 4.98 Å². The summed E-state index contributed by atoms with van der Waals surface area (Å²) < 4.78 is 0. The number of thioether (sulfide) groups is 1. The molecule has 3 nitrogen and oxygen atoms in total. The summed E-state index contributed by atoms with van der Waals surface area (Å²) in [5.41, 5.74) is 3.06. The predicted molar refractivity (Wildman–Crippen MR) is 94.8 cm³/mol. The second kappa shape index (κ2) is 7.29. The summed E-state index contributed by atoms with van der Waals surface area (Å²) in [6, 6.07) is 21.9. The second-order valence-corrected chi connectivity index (χ2v) is 6.70. The molecule has 116 valence electrons. The van der Waals surface area contributed by atoms with Crippen molar-refractivity contribution in [3.63, 3.8) is 0 Å². The summed E-state index contributed by atoms with van der Waals surface area (Å²) in [4.78, 5) is 19.3. The SMILES string of the molecule is CC(Sc1nc(Cc2ccccc2)cc(=O)[nH]1)c1ccccc1. The van der Waals surface area contributed by atoms with Crippen LogP contribution < -0.4 is 5.56 Å². The fourth-order valence-electron chi connectivity index (χ4n) is 2.39. The molecule has 1 atom stereocenters. The Bertz CT molecular complexity index is 816. The minimum atomic E-state index is -0.103. The van der Waals surface area contributed by atoms with Crippen LogP contribution in [0.3, 0.4) is 0 Å². The Morgan fingerprint density at radius 3 is 2.39 bits per heavy atom. The van der Waals surface area contributed by atoms with Crippen LogP contribution in [0.1, 0.15) is 29.0 Å². The molecular formula is C19H18N2OS. The van der Waals surface area contributed by atoms with Crippen molar-refractivity contribution in [1.29, 1.82) is 0 Å². The summed E-state index contributed by atoms with van der Waals surface area (Å²) in [6.07, 6.45) is 0.665. The molecule has 0 radical (unpaired) electrons. The topological polar surface area (TPSA) is 45.8 Å². The van der Waals surface area contributed by atoms with Gasteiger partial charge in [0, 0.05) is 17.7 Å².